The molecular formula is C18H28N6O. The van der Waals surface area contributed by atoms with E-state index in [9.17, 15) is 4.79 Å². The van der Waals surface area contributed by atoms with E-state index in [1.54, 1.807) is 4.68 Å². The van der Waals surface area contributed by atoms with Gasteiger partial charge < -0.3 is 14.4 Å². The summed E-state index contributed by atoms with van der Waals surface area (Å²) in [5, 5.41) is 4.29. The molecule has 1 amide bonds. The Morgan fingerprint density at radius 2 is 2.00 bits per heavy atom. The van der Waals surface area contributed by atoms with Crippen molar-refractivity contribution in [3.8, 4) is 0 Å². The topological polar surface area (TPSA) is 59.2 Å². The first kappa shape index (κ1) is 17.7. The van der Waals surface area contributed by atoms with Gasteiger partial charge in [-0.2, -0.15) is 5.10 Å². The highest BCUT2D eigenvalue weighted by Gasteiger charge is 2.22. The minimum absolute atomic E-state index is 0.0963. The van der Waals surface area contributed by atoms with E-state index >= 15 is 0 Å². The highest BCUT2D eigenvalue weighted by atomic mass is 16.2. The van der Waals surface area contributed by atoms with Gasteiger partial charge >= 0.3 is 0 Å². The summed E-state index contributed by atoms with van der Waals surface area (Å²) in [6, 6.07) is 1.87. The molecule has 0 N–H and O–H groups in total. The molecule has 136 valence electrons. The van der Waals surface area contributed by atoms with Gasteiger partial charge in [0.1, 0.15) is 11.5 Å². The second kappa shape index (κ2) is 7.82. The number of carbonyl (C=O) groups excluding carboxylic acids is 1. The Hall–Kier alpha value is -2.15. The van der Waals surface area contributed by atoms with Gasteiger partial charge in [-0.3, -0.25) is 9.48 Å². The average Bonchev–Trinajstić information content (AvgIpc) is 3.04. The third kappa shape index (κ3) is 4.28. The van der Waals surface area contributed by atoms with Crippen LogP contribution in [-0.2, 0) is 13.6 Å². The van der Waals surface area contributed by atoms with Crippen LogP contribution in [-0.4, -0.2) is 67.8 Å². The predicted molar refractivity (Wildman–Crippen MR) is 96.5 cm³/mol. The zero-order chi connectivity index (χ0) is 17.8. The summed E-state index contributed by atoms with van der Waals surface area (Å²) in [5.41, 5.74) is 1.57. The van der Waals surface area contributed by atoms with E-state index in [0.717, 1.165) is 63.6 Å². The highest BCUT2D eigenvalue weighted by Crippen LogP contribution is 2.11. The van der Waals surface area contributed by atoms with Crippen molar-refractivity contribution in [3.05, 3.63) is 35.7 Å². The van der Waals surface area contributed by atoms with Gasteiger partial charge in [-0.25, -0.2) is 4.98 Å². The maximum absolute atomic E-state index is 12.7. The minimum Gasteiger partial charge on any atom is -0.336 e. The molecule has 7 nitrogen and oxygen atoms in total. The lowest BCUT2D eigenvalue weighted by Gasteiger charge is -2.22. The largest absolute Gasteiger partial charge is 0.336 e. The maximum Gasteiger partial charge on any atom is 0.272 e. The fraction of sp³-hybridized carbons (Fsp3) is 0.611. The molecule has 0 spiro atoms. The summed E-state index contributed by atoms with van der Waals surface area (Å²) in [6.45, 7) is 9.61. The lowest BCUT2D eigenvalue weighted by atomic mass is 10.3. The molecule has 7 heteroatoms. The molecule has 2 aromatic rings. The average molecular weight is 344 g/mol. The molecule has 1 fully saturated rings. The SMILES string of the molecule is Cc1cc(C(=O)N2CCCN(CCCn3ccnc3C)CC2)n(C)n1. The Balaban J connectivity index is 1.49. The van der Waals surface area contributed by atoms with Crippen molar-refractivity contribution in [3.63, 3.8) is 0 Å². The molecule has 1 aliphatic rings. The molecule has 1 saturated heterocycles. The van der Waals surface area contributed by atoms with E-state index in [1.165, 1.54) is 0 Å². The molecule has 3 heterocycles. The number of aromatic nitrogens is 4. The highest BCUT2D eigenvalue weighted by molar-refractivity contribution is 5.92. The van der Waals surface area contributed by atoms with E-state index in [4.69, 9.17) is 0 Å². The molecular weight excluding hydrogens is 316 g/mol. The second-order valence-electron chi connectivity index (χ2n) is 6.80. The molecule has 25 heavy (non-hydrogen) atoms. The summed E-state index contributed by atoms with van der Waals surface area (Å²) in [5.74, 6) is 1.16. The summed E-state index contributed by atoms with van der Waals surface area (Å²) in [4.78, 5) is 21.4. The predicted octanol–water partition coefficient (Wildman–Crippen LogP) is 1.47. The van der Waals surface area contributed by atoms with Crippen LogP contribution in [0, 0.1) is 13.8 Å². The third-order valence-corrected chi connectivity index (χ3v) is 4.89. The first-order valence-electron chi connectivity index (χ1n) is 9.04. The van der Waals surface area contributed by atoms with Crippen LogP contribution >= 0.6 is 0 Å². The van der Waals surface area contributed by atoms with Gasteiger partial charge in [0.15, 0.2) is 0 Å². The number of amides is 1. The number of carbonyl (C=O) groups is 1. The van der Waals surface area contributed by atoms with Crippen LogP contribution in [0.1, 0.15) is 34.8 Å². The smallest absolute Gasteiger partial charge is 0.272 e. The third-order valence-electron chi connectivity index (χ3n) is 4.89. The molecule has 0 unspecified atom stereocenters. The molecule has 0 atom stereocenters. The van der Waals surface area contributed by atoms with Crippen molar-refractivity contribution >= 4 is 5.91 Å². The summed E-state index contributed by atoms with van der Waals surface area (Å²) >= 11 is 0. The van der Waals surface area contributed by atoms with Crippen molar-refractivity contribution in [2.24, 2.45) is 7.05 Å². The van der Waals surface area contributed by atoms with E-state index in [2.05, 4.69) is 19.5 Å². The first-order valence-corrected chi connectivity index (χ1v) is 9.04. The molecule has 0 saturated carbocycles. The van der Waals surface area contributed by atoms with E-state index in [0.29, 0.717) is 5.69 Å². The van der Waals surface area contributed by atoms with Crippen LogP contribution in [0.5, 0.6) is 0 Å². The molecule has 1 aliphatic heterocycles. The molecule has 3 rings (SSSR count). The van der Waals surface area contributed by atoms with Crippen LogP contribution in [0.2, 0.25) is 0 Å². The fourth-order valence-electron chi connectivity index (χ4n) is 3.48. The van der Waals surface area contributed by atoms with Crippen molar-refractivity contribution in [2.75, 3.05) is 32.7 Å². The van der Waals surface area contributed by atoms with Crippen LogP contribution in [0.4, 0.5) is 0 Å². The summed E-state index contributed by atoms with van der Waals surface area (Å²) in [7, 11) is 1.84. The first-order chi connectivity index (χ1) is 12.0. The number of nitrogens with zero attached hydrogens (tertiary/aromatic N) is 6. The molecule has 2 aromatic heterocycles. The lowest BCUT2D eigenvalue weighted by Crippen LogP contribution is -2.36. The van der Waals surface area contributed by atoms with Crippen LogP contribution in [0.3, 0.4) is 0 Å². The fourth-order valence-corrected chi connectivity index (χ4v) is 3.48. The van der Waals surface area contributed by atoms with E-state index in [-0.39, 0.29) is 5.91 Å². The standard InChI is InChI=1S/C18H28N6O/c1-15-14-17(21(3)20-15)18(25)24-10-5-8-22(12-13-24)7-4-9-23-11-6-19-16(23)2/h6,11,14H,4-5,7-10,12-13H2,1-3H3. The Morgan fingerprint density at radius 3 is 2.68 bits per heavy atom. The van der Waals surface area contributed by atoms with Gasteiger partial charge in [-0.1, -0.05) is 0 Å². The molecule has 0 aliphatic carbocycles. The van der Waals surface area contributed by atoms with Crippen LogP contribution < -0.4 is 0 Å². The zero-order valence-electron chi connectivity index (χ0n) is 15.5. The molecule has 0 aromatic carbocycles. The van der Waals surface area contributed by atoms with Gasteiger partial charge in [0, 0.05) is 45.6 Å². The van der Waals surface area contributed by atoms with Crippen molar-refractivity contribution < 1.29 is 4.79 Å². The quantitative estimate of drug-likeness (QED) is 0.824. The van der Waals surface area contributed by atoms with Crippen molar-refractivity contribution in [1.29, 1.82) is 0 Å². The number of aryl methyl sites for hydroxylation is 4. The Labute approximate surface area is 149 Å². The van der Waals surface area contributed by atoms with E-state index in [1.807, 2.05) is 44.3 Å². The second-order valence-corrected chi connectivity index (χ2v) is 6.80. The van der Waals surface area contributed by atoms with Gasteiger partial charge in [-0.05, 0) is 45.8 Å². The van der Waals surface area contributed by atoms with E-state index < -0.39 is 0 Å². The maximum atomic E-state index is 12.7. The van der Waals surface area contributed by atoms with Gasteiger partial charge in [0.25, 0.3) is 5.91 Å². The number of hydrogen-bond acceptors (Lipinski definition) is 4. The number of hydrogen-bond donors (Lipinski definition) is 0. The summed E-state index contributed by atoms with van der Waals surface area (Å²) < 4.78 is 3.88. The van der Waals surface area contributed by atoms with Gasteiger partial charge in [0.05, 0.1) is 5.69 Å². The Morgan fingerprint density at radius 1 is 1.16 bits per heavy atom. The van der Waals surface area contributed by atoms with Crippen molar-refractivity contribution in [1.82, 2.24) is 29.1 Å². The molecule has 0 bridgehead atoms. The minimum atomic E-state index is 0.0963. The normalized spacial score (nSPS) is 16.2. The van der Waals surface area contributed by atoms with Crippen LogP contribution in [0.15, 0.2) is 18.5 Å². The number of rotatable bonds is 5. The monoisotopic (exact) mass is 344 g/mol. The summed E-state index contributed by atoms with van der Waals surface area (Å²) in [6.07, 6.45) is 6.01. The van der Waals surface area contributed by atoms with Gasteiger partial charge in [0.2, 0.25) is 0 Å². The molecule has 0 radical (unpaired) electrons. The lowest BCUT2D eigenvalue weighted by molar-refractivity contribution is 0.0750. The zero-order valence-corrected chi connectivity index (χ0v) is 15.5. The van der Waals surface area contributed by atoms with Crippen molar-refractivity contribution in [2.45, 2.75) is 33.2 Å². The van der Waals surface area contributed by atoms with Gasteiger partial charge in [-0.15, -0.1) is 0 Å². The number of imidazole rings is 1. The Bertz CT molecular complexity index is 719. The van der Waals surface area contributed by atoms with Crippen LogP contribution in [0.25, 0.3) is 0 Å². The Kier molecular flexibility index (Phi) is 5.53.